The fourth-order valence-corrected chi connectivity index (χ4v) is 5.93. The number of hydrogen-bond acceptors (Lipinski definition) is 2. The molecule has 0 fully saturated rings. The highest BCUT2D eigenvalue weighted by Gasteiger charge is 2.33. The molecule has 0 atom stereocenters. The fraction of sp³-hybridized carbons (Fsp3) is 1.00. The van der Waals surface area contributed by atoms with Gasteiger partial charge in [0, 0.05) is 7.94 Å². The van der Waals surface area contributed by atoms with Crippen LogP contribution in [0.3, 0.4) is 0 Å². The van der Waals surface area contributed by atoms with E-state index in [2.05, 4.69) is 63.5 Å². The van der Waals surface area contributed by atoms with Gasteiger partial charge in [0.2, 0.25) is 8.40 Å². The summed E-state index contributed by atoms with van der Waals surface area (Å²) in [4.78, 5) is 0. The minimum absolute atomic E-state index is 0.841. The topological polar surface area (TPSA) is 6.48 Å². The van der Waals surface area contributed by atoms with Gasteiger partial charge in [0.15, 0.2) is 0 Å². The van der Waals surface area contributed by atoms with Crippen molar-refractivity contribution in [3.63, 3.8) is 0 Å². The van der Waals surface area contributed by atoms with E-state index in [1.165, 1.54) is 19.2 Å². The smallest absolute Gasteiger partial charge is 0.202 e. The van der Waals surface area contributed by atoms with Gasteiger partial charge in [-0.25, -0.2) is 0 Å². The largest absolute Gasteiger partial charge is 0.317 e. The van der Waals surface area contributed by atoms with Gasteiger partial charge < -0.3 is 9.13 Å². The lowest BCUT2D eigenvalue weighted by molar-refractivity contribution is 0.486. The molecule has 90 valence electrons. The van der Waals surface area contributed by atoms with Gasteiger partial charge in [-0.15, -0.1) is 0 Å². The Morgan fingerprint density at radius 1 is 0.867 bits per heavy atom. The van der Waals surface area contributed by atoms with E-state index in [9.17, 15) is 0 Å². The first kappa shape index (κ1) is 15.4. The van der Waals surface area contributed by atoms with Crippen molar-refractivity contribution in [2.75, 3.05) is 28.2 Å². The molecule has 15 heavy (non-hydrogen) atoms. The first-order valence-corrected chi connectivity index (χ1v) is 12.3. The van der Waals surface area contributed by atoms with Crippen LogP contribution >= 0.6 is 0 Å². The summed E-state index contributed by atoms with van der Waals surface area (Å²) >= 11 is 0. The zero-order valence-electron chi connectivity index (χ0n) is 12.0. The average Bonchev–Trinajstić information content (AvgIpc) is 2.00. The summed E-state index contributed by atoms with van der Waals surface area (Å²) < 4.78 is 4.94. The Labute approximate surface area is 99.4 Å². The number of nitrogens with zero attached hydrogens (tertiary/aromatic N) is 2. The summed E-state index contributed by atoms with van der Waals surface area (Å²) in [6.07, 6.45) is 1.41. The van der Waals surface area contributed by atoms with Gasteiger partial charge in [-0.2, -0.15) is 0 Å². The van der Waals surface area contributed by atoms with Crippen molar-refractivity contribution in [3.05, 3.63) is 0 Å². The fourth-order valence-electron chi connectivity index (χ4n) is 1.80. The van der Waals surface area contributed by atoms with Gasteiger partial charge in [-0.3, -0.25) is 0 Å². The van der Waals surface area contributed by atoms with Crippen LogP contribution < -0.4 is 0 Å². The molecule has 0 amide bonds. The lowest BCUT2D eigenvalue weighted by Crippen LogP contribution is -2.58. The molecule has 0 unspecified atom stereocenters. The number of hydrogen-bond donors (Lipinski definition) is 0. The highest BCUT2D eigenvalue weighted by atomic mass is 28.3. The Bertz CT molecular complexity index is 182. The molecule has 5 heteroatoms. The lowest BCUT2D eigenvalue weighted by Gasteiger charge is -2.40. The average molecular weight is 244 g/mol. The van der Waals surface area contributed by atoms with Crippen LogP contribution in [0.2, 0.25) is 38.6 Å². The van der Waals surface area contributed by atoms with E-state index < -0.39 is 16.3 Å². The SMILES string of the molecule is CN(C)[Si](C)(CCB[Si](C)(C)C)N(C)C. The van der Waals surface area contributed by atoms with Crippen LogP contribution in [0.5, 0.6) is 0 Å². The van der Waals surface area contributed by atoms with Crippen molar-refractivity contribution in [1.29, 1.82) is 0 Å². The van der Waals surface area contributed by atoms with E-state index in [0.29, 0.717) is 0 Å². The molecule has 0 N–H and O–H groups in total. The maximum absolute atomic E-state index is 2.47. The van der Waals surface area contributed by atoms with Crippen LogP contribution in [0.25, 0.3) is 0 Å². The van der Waals surface area contributed by atoms with E-state index in [1.807, 2.05) is 0 Å². The first-order chi connectivity index (χ1) is 6.59. The second kappa shape index (κ2) is 5.66. The third kappa shape index (κ3) is 5.33. The van der Waals surface area contributed by atoms with E-state index in [-0.39, 0.29) is 0 Å². The quantitative estimate of drug-likeness (QED) is 0.658. The molecule has 0 aliphatic heterocycles. The van der Waals surface area contributed by atoms with Gasteiger partial charge >= 0.3 is 0 Å². The molecule has 0 aromatic carbocycles. The maximum atomic E-state index is 2.47. The molecule has 0 radical (unpaired) electrons. The molecule has 0 saturated heterocycles. The minimum atomic E-state index is -1.32. The molecule has 0 heterocycles. The van der Waals surface area contributed by atoms with Crippen LogP contribution in [-0.4, -0.2) is 60.5 Å². The summed E-state index contributed by atoms with van der Waals surface area (Å²) in [6, 6.07) is 1.40. The van der Waals surface area contributed by atoms with E-state index in [0.717, 1.165) is 0 Å². The van der Waals surface area contributed by atoms with Gasteiger partial charge in [0.1, 0.15) is 6.87 Å². The highest BCUT2D eigenvalue weighted by molar-refractivity contribution is 7.23. The Hall–Kier alpha value is 0.419. The monoisotopic (exact) mass is 244 g/mol. The van der Waals surface area contributed by atoms with Crippen molar-refractivity contribution < 1.29 is 0 Å². The Balaban J connectivity index is 4.21. The van der Waals surface area contributed by atoms with Crippen LogP contribution in [0.15, 0.2) is 0 Å². The third-order valence-electron chi connectivity index (χ3n) is 3.50. The Kier molecular flexibility index (Phi) is 5.82. The summed E-state index contributed by atoms with van der Waals surface area (Å²) in [5.74, 6) is 0. The molecule has 0 rings (SSSR count). The minimum Gasteiger partial charge on any atom is -0.317 e. The van der Waals surface area contributed by atoms with Crippen LogP contribution in [0.1, 0.15) is 0 Å². The predicted octanol–water partition coefficient (Wildman–Crippen LogP) is 1.87. The first-order valence-electron chi connectivity index (χ1n) is 5.94. The molecule has 0 saturated carbocycles. The molecule has 0 bridgehead atoms. The molecule has 2 nitrogen and oxygen atoms in total. The zero-order valence-corrected chi connectivity index (χ0v) is 14.0. The highest BCUT2D eigenvalue weighted by Crippen LogP contribution is 2.18. The second-order valence-electron chi connectivity index (χ2n) is 6.42. The molecular formula is C10H29BN2Si2. The summed E-state index contributed by atoms with van der Waals surface area (Å²) in [5.41, 5.74) is 0. The molecule has 0 aliphatic carbocycles. The second-order valence-corrected chi connectivity index (χ2v) is 16.8. The third-order valence-corrected chi connectivity index (χ3v) is 10.5. The van der Waals surface area contributed by atoms with E-state index in [4.69, 9.17) is 0 Å². The predicted molar refractivity (Wildman–Crippen MR) is 79.1 cm³/mol. The van der Waals surface area contributed by atoms with Crippen molar-refractivity contribution >= 4 is 23.2 Å². The van der Waals surface area contributed by atoms with Crippen molar-refractivity contribution in [2.45, 2.75) is 38.6 Å². The molecular weight excluding hydrogens is 215 g/mol. The normalized spacial score (nSPS) is 13.7. The molecule has 0 spiro atoms. The van der Waals surface area contributed by atoms with Crippen LogP contribution in [0, 0.1) is 0 Å². The van der Waals surface area contributed by atoms with Gasteiger partial charge in [0.25, 0.3) is 0 Å². The van der Waals surface area contributed by atoms with Crippen molar-refractivity contribution in [3.8, 4) is 0 Å². The van der Waals surface area contributed by atoms with E-state index >= 15 is 0 Å². The number of rotatable bonds is 6. The maximum Gasteiger partial charge on any atom is 0.202 e. The standard InChI is InChI=1S/C10H29BN2Si2/c1-12(2)15(8,13(3)4)10-9-11-14(5,6)7/h11H,9-10H2,1-8H3. The van der Waals surface area contributed by atoms with Gasteiger partial charge in [-0.05, 0) is 40.8 Å². The van der Waals surface area contributed by atoms with Crippen LogP contribution in [0.4, 0.5) is 0 Å². The van der Waals surface area contributed by atoms with Crippen LogP contribution in [-0.2, 0) is 0 Å². The van der Waals surface area contributed by atoms with Gasteiger partial charge in [-0.1, -0.05) is 26.0 Å². The van der Waals surface area contributed by atoms with Crippen molar-refractivity contribution in [2.24, 2.45) is 0 Å². The summed E-state index contributed by atoms with van der Waals surface area (Å²) in [6.45, 7) is 11.3. The zero-order chi connectivity index (χ0) is 12.3. The summed E-state index contributed by atoms with van der Waals surface area (Å²) in [5, 5.41) is 0. The molecule has 0 aromatic rings. The van der Waals surface area contributed by atoms with Crippen molar-refractivity contribution in [1.82, 2.24) is 9.13 Å². The van der Waals surface area contributed by atoms with E-state index in [1.54, 1.807) is 0 Å². The molecule has 0 aliphatic rings. The lowest BCUT2D eigenvalue weighted by atomic mass is 10.1. The Morgan fingerprint density at radius 3 is 1.53 bits per heavy atom. The Morgan fingerprint density at radius 2 is 1.27 bits per heavy atom. The molecule has 0 aromatic heterocycles. The summed E-state index contributed by atoms with van der Waals surface area (Å²) in [7, 11) is 6.79. The van der Waals surface area contributed by atoms with Gasteiger partial charge in [0.05, 0.1) is 0 Å².